The second-order valence-electron chi connectivity index (χ2n) is 5.67. The van der Waals surface area contributed by atoms with Gasteiger partial charge in [0.1, 0.15) is 6.04 Å². The van der Waals surface area contributed by atoms with E-state index in [0.29, 0.717) is 6.04 Å². The lowest BCUT2D eigenvalue weighted by molar-refractivity contribution is -0.137. The van der Waals surface area contributed by atoms with Gasteiger partial charge in [-0.25, -0.2) is 0 Å². The molecule has 0 aliphatic carbocycles. The number of benzene rings is 1. The Balaban J connectivity index is 0.00000220. The Kier molecular flexibility index (Phi) is 9.69. The van der Waals surface area contributed by atoms with Crippen LogP contribution in [0.3, 0.4) is 0 Å². The van der Waals surface area contributed by atoms with Gasteiger partial charge < -0.3 is 10.2 Å². The maximum atomic E-state index is 12.8. The van der Waals surface area contributed by atoms with Gasteiger partial charge in [-0.2, -0.15) is 0 Å². The normalized spacial score (nSPS) is 16.6. The molecule has 0 spiro atoms. The van der Waals surface area contributed by atoms with Crippen molar-refractivity contribution in [3.05, 3.63) is 35.9 Å². The summed E-state index contributed by atoms with van der Waals surface area (Å²) in [6.45, 7) is 1.70. The van der Waals surface area contributed by atoms with Gasteiger partial charge in [0.15, 0.2) is 0 Å². The molecule has 0 radical (unpaired) electrons. The number of likely N-dealkylation sites (N-methyl/N-ethyl adjacent to an activating group) is 1. The van der Waals surface area contributed by atoms with Crippen molar-refractivity contribution >= 4 is 30.7 Å². The summed E-state index contributed by atoms with van der Waals surface area (Å²) in [5.74, 6) is 0.218. The third-order valence-electron chi connectivity index (χ3n) is 4.08. The number of piperidine rings is 1. The summed E-state index contributed by atoms with van der Waals surface area (Å²) < 4.78 is 0. The van der Waals surface area contributed by atoms with E-state index in [1.165, 1.54) is 0 Å². The van der Waals surface area contributed by atoms with Crippen molar-refractivity contribution in [3.63, 3.8) is 0 Å². The van der Waals surface area contributed by atoms with Crippen LogP contribution in [0.2, 0.25) is 0 Å². The highest BCUT2D eigenvalue weighted by Crippen LogP contribution is 2.22. The van der Waals surface area contributed by atoms with Crippen molar-refractivity contribution < 1.29 is 4.79 Å². The van der Waals surface area contributed by atoms with Crippen LogP contribution in [0.15, 0.2) is 30.3 Å². The van der Waals surface area contributed by atoms with Crippen molar-refractivity contribution in [1.82, 2.24) is 15.1 Å². The number of nitrogens with zero attached hydrogens (tertiary/aromatic N) is 2. The summed E-state index contributed by atoms with van der Waals surface area (Å²) >= 11 is 0. The smallest absolute Gasteiger partial charge is 0.244 e. The Bertz CT molecular complexity index is 434. The van der Waals surface area contributed by atoms with Crippen LogP contribution in [-0.4, -0.2) is 56.0 Å². The topological polar surface area (TPSA) is 35.6 Å². The Morgan fingerprint density at radius 3 is 2.18 bits per heavy atom. The summed E-state index contributed by atoms with van der Waals surface area (Å²) in [6.07, 6.45) is 2.08. The lowest BCUT2D eigenvalue weighted by Crippen LogP contribution is -2.47. The fourth-order valence-corrected chi connectivity index (χ4v) is 2.86. The van der Waals surface area contributed by atoms with Crippen LogP contribution < -0.4 is 5.32 Å². The highest BCUT2D eigenvalue weighted by atomic mass is 35.5. The molecular formula is C16H27Cl2N3O. The van der Waals surface area contributed by atoms with Crippen LogP contribution in [0.4, 0.5) is 0 Å². The van der Waals surface area contributed by atoms with Crippen molar-refractivity contribution in [1.29, 1.82) is 0 Å². The van der Waals surface area contributed by atoms with Crippen molar-refractivity contribution in [2.24, 2.45) is 0 Å². The maximum absolute atomic E-state index is 12.8. The first kappa shape index (κ1) is 21.2. The third kappa shape index (κ3) is 5.13. The number of likely N-dealkylation sites (tertiary alicyclic amines) is 1. The van der Waals surface area contributed by atoms with Gasteiger partial charge in [-0.05, 0) is 39.5 Å². The van der Waals surface area contributed by atoms with Gasteiger partial charge in [-0.1, -0.05) is 30.3 Å². The lowest BCUT2D eigenvalue weighted by Gasteiger charge is -2.36. The predicted octanol–water partition coefficient (Wildman–Crippen LogP) is 2.34. The van der Waals surface area contributed by atoms with E-state index in [-0.39, 0.29) is 36.8 Å². The maximum Gasteiger partial charge on any atom is 0.244 e. The number of carbonyl (C=O) groups is 1. The zero-order valence-corrected chi connectivity index (χ0v) is 15.1. The third-order valence-corrected chi connectivity index (χ3v) is 4.08. The first-order valence-corrected chi connectivity index (χ1v) is 7.31. The Morgan fingerprint density at radius 1 is 1.18 bits per heavy atom. The van der Waals surface area contributed by atoms with Crippen LogP contribution >= 0.6 is 24.8 Å². The average molecular weight is 348 g/mol. The average Bonchev–Trinajstić information content (AvgIpc) is 2.48. The van der Waals surface area contributed by atoms with Crippen LogP contribution in [0.25, 0.3) is 0 Å². The Hall–Kier alpha value is -0.810. The van der Waals surface area contributed by atoms with Crippen LogP contribution in [-0.2, 0) is 4.79 Å². The van der Waals surface area contributed by atoms with E-state index in [0.717, 1.165) is 31.5 Å². The molecule has 22 heavy (non-hydrogen) atoms. The molecule has 1 unspecified atom stereocenters. The fourth-order valence-electron chi connectivity index (χ4n) is 2.86. The standard InChI is InChI=1S/C16H25N3O.2ClH/c1-17-14-9-11-19(12-10-14)16(20)15(18(2)3)13-7-5-4-6-8-13;;/h4-8,14-15,17H,9-12H2,1-3H3;2*1H. The summed E-state index contributed by atoms with van der Waals surface area (Å²) in [6, 6.07) is 10.4. The number of hydrogen-bond acceptors (Lipinski definition) is 3. The quantitative estimate of drug-likeness (QED) is 0.907. The van der Waals surface area contributed by atoms with Gasteiger partial charge >= 0.3 is 0 Å². The first-order chi connectivity index (χ1) is 9.63. The van der Waals surface area contributed by atoms with Crippen LogP contribution in [0.5, 0.6) is 0 Å². The molecule has 4 nitrogen and oxygen atoms in total. The molecule has 1 saturated heterocycles. The molecule has 126 valence electrons. The largest absolute Gasteiger partial charge is 0.341 e. The van der Waals surface area contributed by atoms with Crippen molar-refractivity contribution in [2.45, 2.75) is 24.9 Å². The van der Waals surface area contributed by atoms with Gasteiger partial charge in [-0.15, -0.1) is 24.8 Å². The van der Waals surface area contributed by atoms with E-state index < -0.39 is 0 Å². The van der Waals surface area contributed by atoms with Gasteiger partial charge in [-0.3, -0.25) is 9.69 Å². The first-order valence-electron chi connectivity index (χ1n) is 7.31. The zero-order chi connectivity index (χ0) is 14.5. The molecule has 1 aromatic rings. The minimum Gasteiger partial charge on any atom is -0.341 e. The van der Waals surface area contributed by atoms with E-state index in [4.69, 9.17) is 0 Å². The molecule has 6 heteroatoms. The number of hydrogen-bond donors (Lipinski definition) is 1. The second kappa shape index (κ2) is 10.1. The fraction of sp³-hybridized carbons (Fsp3) is 0.562. The molecule has 0 saturated carbocycles. The van der Waals surface area contributed by atoms with E-state index in [2.05, 4.69) is 5.32 Å². The van der Waals surface area contributed by atoms with E-state index >= 15 is 0 Å². The SMILES string of the molecule is CNC1CCN(C(=O)C(c2ccccc2)N(C)C)CC1.Cl.Cl. The van der Waals surface area contributed by atoms with Crippen molar-refractivity contribution in [3.8, 4) is 0 Å². The number of rotatable bonds is 4. The van der Waals surface area contributed by atoms with Gasteiger partial charge in [0.25, 0.3) is 0 Å². The summed E-state index contributed by atoms with van der Waals surface area (Å²) in [5.41, 5.74) is 1.07. The highest BCUT2D eigenvalue weighted by molar-refractivity contribution is 5.85. The summed E-state index contributed by atoms with van der Waals surface area (Å²) in [4.78, 5) is 16.8. The number of halogens is 2. The second-order valence-corrected chi connectivity index (χ2v) is 5.67. The molecular weight excluding hydrogens is 321 g/mol. The molecule has 1 aromatic carbocycles. The van der Waals surface area contributed by atoms with E-state index in [1.54, 1.807) is 0 Å². The van der Waals surface area contributed by atoms with Gasteiger partial charge in [0.05, 0.1) is 0 Å². The Morgan fingerprint density at radius 2 is 1.73 bits per heavy atom. The highest BCUT2D eigenvalue weighted by Gasteiger charge is 2.30. The number of amides is 1. The van der Waals surface area contributed by atoms with Crippen LogP contribution in [0, 0.1) is 0 Å². The molecule has 0 aromatic heterocycles. The van der Waals surface area contributed by atoms with E-state index in [9.17, 15) is 4.79 Å². The summed E-state index contributed by atoms with van der Waals surface area (Å²) in [5, 5.41) is 3.30. The molecule has 1 amide bonds. The number of carbonyl (C=O) groups excluding carboxylic acids is 1. The van der Waals surface area contributed by atoms with Gasteiger partial charge in [0.2, 0.25) is 5.91 Å². The number of nitrogens with one attached hydrogen (secondary N) is 1. The van der Waals surface area contributed by atoms with Crippen LogP contribution in [0.1, 0.15) is 24.4 Å². The minimum absolute atomic E-state index is 0. The summed E-state index contributed by atoms with van der Waals surface area (Å²) in [7, 11) is 5.93. The predicted molar refractivity (Wildman–Crippen MR) is 96.0 cm³/mol. The molecule has 1 heterocycles. The molecule has 1 N–H and O–H groups in total. The zero-order valence-electron chi connectivity index (χ0n) is 13.5. The minimum atomic E-state index is -0.178. The molecule has 1 aliphatic rings. The molecule has 1 fully saturated rings. The van der Waals surface area contributed by atoms with E-state index in [1.807, 2.05) is 61.3 Å². The molecule has 2 rings (SSSR count). The molecule has 0 bridgehead atoms. The molecule has 1 atom stereocenters. The lowest BCUT2D eigenvalue weighted by atomic mass is 10.0. The van der Waals surface area contributed by atoms with Gasteiger partial charge in [0, 0.05) is 19.1 Å². The van der Waals surface area contributed by atoms with Crippen molar-refractivity contribution in [2.75, 3.05) is 34.2 Å². The monoisotopic (exact) mass is 347 g/mol. The Labute approximate surface area is 146 Å². The molecule has 1 aliphatic heterocycles.